The Balaban J connectivity index is 1.55. The maximum atomic E-state index is 13.4. The van der Waals surface area contributed by atoms with E-state index in [-0.39, 0.29) is 35.3 Å². The van der Waals surface area contributed by atoms with Gasteiger partial charge in [0.1, 0.15) is 12.4 Å². The van der Waals surface area contributed by atoms with Gasteiger partial charge in [0.05, 0.1) is 29.2 Å². The molecule has 0 saturated heterocycles. The summed E-state index contributed by atoms with van der Waals surface area (Å²) in [5.41, 5.74) is 1.21. The lowest BCUT2D eigenvalue weighted by molar-refractivity contribution is -0.386. The predicted molar refractivity (Wildman–Crippen MR) is 163 cm³/mol. The summed E-state index contributed by atoms with van der Waals surface area (Å²) in [5.74, 6) is 0.634. The summed E-state index contributed by atoms with van der Waals surface area (Å²) in [7, 11) is 1.42. The molecule has 208 valence electrons. The highest BCUT2D eigenvalue weighted by atomic mass is 79.9. The summed E-state index contributed by atoms with van der Waals surface area (Å²) in [5, 5.41) is 19.0. The Morgan fingerprint density at radius 3 is 2.63 bits per heavy atom. The van der Waals surface area contributed by atoms with Crippen molar-refractivity contribution in [1.29, 1.82) is 0 Å². The van der Waals surface area contributed by atoms with Gasteiger partial charge in [-0.05, 0) is 47.0 Å². The zero-order chi connectivity index (χ0) is 29.1. The van der Waals surface area contributed by atoms with Crippen molar-refractivity contribution in [3.63, 3.8) is 0 Å². The van der Waals surface area contributed by atoms with Crippen LogP contribution < -0.4 is 15.0 Å². The van der Waals surface area contributed by atoms with Crippen LogP contribution in [0.5, 0.6) is 11.5 Å². The van der Waals surface area contributed by atoms with Gasteiger partial charge in [-0.25, -0.2) is 4.98 Å². The minimum Gasteiger partial charge on any atom is -0.493 e. The Bertz CT molecular complexity index is 1860. The van der Waals surface area contributed by atoms with Crippen molar-refractivity contribution < 1.29 is 14.4 Å². The monoisotopic (exact) mass is 614 g/mol. The Morgan fingerprint density at radius 1 is 1.10 bits per heavy atom. The van der Waals surface area contributed by atoms with E-state index in [0.29, 0.717) is 22.3 Å². The molecule has 1 atom stereocenters. The lowest BCUT2D eigenvalue weighted by Gasteiger charge is -2.14. The summed E-state index contributed by atoms with van der Waals surface area (Å²) in [6, 6.07) is 22.0. The number of nitro groups is 1. The van der Waals surface area contributed by atoms with Crippen LogP contribution in [-0.2, 0) is 6.61 Å². The first-order valence-corrected chi connectivity index (χ1v) is 13.8. The maximum absolute atomic E-state index is 13.4. The molecule has 10 heteroatoms. The van der Waals surface area contributed by atoms with Gasteiger partial charge in [0.15, 0.2) is 5.75 Å². The van der Waals surface area contributed by atoms with Gasteiger partial charge in [-0.1, -0.05) is 72.2 Å². The van der Waals surface area contributed by atoms with E-state index in [1.54, 1.807) is 18.2 Å². The number of ether oxygens (including phenoxy) is 2. The smallest absolute Gasteiger partial charge is 0.315 e. The van der Waals surface area contributed by atoms with E-state index in [0.717, 1.165) is 27.2 Å². The number of nitrogens with zero attached hydrogens (tertiary/aromatic N) is 4. The topological polar surface area (TPSA) is 109 Å². The molecule has 5 rings (SSSR count). The predicted octanol–water partition coefficient (Wildman–Crippen LogP) is 7.20. The molecule has 0 saturated carbocycles. The van der Waals surface area contributed by atoms with Crippen LogP contribution in [0.3, 0.4) is 0 Å². The number of aromatic nitrogens is 2. The molecule has 0 amide bonds. The molecule has 0 radical (unpaired) electrons. The number of rotatable bonds is 9. The molecule has 0 aliphatic carbocycles. The number of benzene rings is 4. The van der Waals surface area contributed by atoms with Crippen molar-refractivity contribution in [1.82, 2.24) is 9.66 Å². The van der Waals surface area contributed by atoms with E-state index in [4.69, 9.17) is 14.5 Å². The van der Waals surface area contributed by atoms with Crippen LogP contribution in [0.4, 0.5) is 5.69 Å². The highest BCUT2D eigenvalue weighted by molar-refractivity contribution is 9.10. The van der Waals surface area contributed by atoms with E-state index < -0.39 is 4.92 Å². The third kappa shape index (κ3) is 5.69. The standard InChI is InChI=1S/C31H27BrN4O5/c1-4-19(2)30-34-26-13-12-23(32)16-25(26)31(37)35(30)33-17-20-14-27(36(38)39)29(28(15-20)40-3)41-18-22-10-7-9-21-8-5-6-11-24(21)22/h5-17,19H,4,18H2,1-3H3/t19-/m0/s1. The van der Waals surface area contributed by atoms with Crippen LogP contribution in [-0.4, -0.2) is 27.9 Å². The van der Waals surface area contributed by atoms with Crippen molar-refractivity contribution >= 4 is 49.5 Å². The quantitative estimate of drug-likeness (QED) is 0.0986. The SMILES string of the molecule is CC[C@H](C)c1nc2ccc(Br)cc2c(=O)n1N=Cc1cc(OC)c(OCc2cccc3ccccc23)c([N+](=O)[O-])c1. The van der Waals surface area contributed by atoms with Gasteiger partial charge < -0.3 is 9.47 Å². The van der Waals surface area contributed by atoms with E-state index in [1.807, 2.05) is 62.4 Å². The molecule has 0 spiro atoms. The molecule has 41 heavy (non-hydrogen) atoms. The van der Waals surface area contributed by atoms with Gasteiger partial charge in [0.25, 0.3) is 5.56 Å². The average molecular weight is 615 g/mol. The number of methoxy groups -OCH3 is 1. The first-order chi connectivity index (χ1) is 19.8. The molecule has 0 fully saturated rings. The Morgan fingerprint density at radius 2 is 1.88 bits per heavy atom. The Labute approximate surface area is 244 Å². The van der Waals surface area contributed by atoms with Crippen LogP contribution in [0.1, 0.15) is 43.1 Å². The van der Waals surface area contributed by atoms with Crippen molar-refractivity contribution in [3.05, 3.63) is 115 Å². The third-order valence-electron chi connectivity index (χ3n) is 6.93. The summed E-state index contributed by atoms with van der Waals surface area (Å²) in [6.45, 7) is 4.08. The maximum Gasteiger partial charge on any atom is 0.315 e. The van der Waals surface area contributed by atoms with Crippen LogP contribution >= 0.6 is 15.9 Å². The fourth-order valence-electron chi connectivity index (χ4n) is 4.59. The number of hydrogen-bond donors (Lipinski definition) is 0. The van der Waals surface area contributed by atoms with Crippen molar-refractivity contribution in [2.75, 3.05) is 7.11 Å². The molecule has 0 bridgehead atoms. The number of halogens is 1. The molecular formula is C31H27BrN4O5. The summed E-state index contributed by atoms with van der Waals surface area (Å²) in [6.07, 6.45) is 2.13. The van der Waals surface area contributed by atoms with Crippen molar-refractivity contribution in [2.24, 2.45) is 5.10 Å². The van der Waals surface area contributed by atoms with Gasteiger partial charge >= 0.3 is 5.69 Å². The van der Waals surface area contributed by atoms with Gasteiger partial charge in [0.2, 0.25) is 5.75 Å². The highest BCUT2D eigenvalue weighted by Gasteiger charge is 2.23. The average Bonchev–Trinajstić information content (AvgIpc) is 2.99. The van der Waals surface area contributed by atoms with Crippen molar-refractivity contribution in [2.45, 2.75) is 32.8 Å². The van der Waals surface area contributed by atoms with Gasteiger partial charge in [-0.15, -0.1) is 0 Å². The Kier molecular flexibility index (Phi) is 8.11. The lowest BCUT2D eigenvalue weighted by atomic mass is 10.1. The number of nitro benzene ring substituents is 1. The summed E-state index contributed by atoms with van der Waals surface area (Å²) >= 11 is 3.41. The summed E-state index contributed by atoms with van der Waals surface area (Å²) in [4.78, 5) is 29.7. The molecule has 0 aliphatic heterocycles. The zero-order valence-electron chi connectivity index (χ0n) is 22.7. The zero-order valence-corrected chi connectivity index (χ0v) is 24.3. The molecule has 9 nitrogen and oxygen atoms in total. The summed E-state index contributed by atoms with van der Waals surface area (Å²) < 4.78 is 13.5. The minimum atomic E-state index is -0.524. The van der Waals surface area contributed by atoms with Crippen LogP contribution in [0.25, 0.3) is 21.7 Å². The fraction of sp³-hybridized carbons (Fsp3) is 0.194. The molecular weight excluding hydrogens is 588 g/mol. The first kappa shape index (κ1) is 28.0. The molecule has 1 aromatic heterocycles. The van der Waals surface area contributed by atoms with Crippen molar-refractivity contribution in [3.8, 4) is 11.5 Å². The largest absolute Gasteiger partial charge is 0.493 e. The van der Waals surface area contributed by atoms with E-state index in [1.165, 1.54) is 24.1 Å². The normalized spacial score (nSPS) is 12.2. The molecule has 1 heterocycles. The number of hydrogen-bond acceptors (Lipinski definition) is 7. The molecule has 0 aliphatic rings. The van der Waals surface area contributed by atoms with Gasteiger partial charge in [-0.2, -0.15) is 9.78 Å². The van der Waals surface area contributed by atoms with Gasteiger partial charge in [0, 0.05) is 22.0 Å². The lowest BCUT2D eigenvalue weighted by Crippen LogP contribution is -2.23. The molecule has 4 aromatic carbocycles. The second-order valence-corrected chi connectivity index (χ2v) is 10.5. The van der Waals surface area contributed by atoms with E-state index >= 15 is 0 Å². The molecule has 0 N–H and O–H groups in total. The molecule has 5 aromatic rings. The minimum absolute atomic E-state index is 0.0114. The first-order valence-electron chi connectivity index (χ1n) is 13.0. The van der Waals surface area contributed by atoms with Crippen LogP contribution in [0, 0.1) is 10.1 Å². The highest BCUT2D eigenvalue weighted by Crippen LogP contribution is 2.39. The third-order valence-corrected chi connectivity index (χ3v) is 7.43. The second kappa shape index (κ2) is 11.9. The van der Waals surface area contributed by atoms with E-state index in [2.05, 4.69) is 21.0 Å². The number of fused-ring (bicyclic) bond motifs is 2. The van der Waals surface area contributed by atoms with Gasteiger partial charge in [-0.3, -0.25) is 14.9 Å². The van der Waals surface area contributed by atoms with E-state index in [9.17, 15) is 14.9 Å². The molecule has 0 unspecified atom stereocenters. The van der Waals surface area contributed by atoms with Crippen LogP contribution in [0.15, 0.2) is 87.2 Å². The fourth-order valence-corrected chi connectivity index (χ4v) is 4.95. The second-order valence-electron chi connectivity index (χ2n) is 9.56. The van der Waals surface area contributed by atoms with Crippen LogP contribution in [0.2, 0.25) is 0 Å². The Hall–Kier alpha value is -4.57.